The number of Topliss-reactive ketones (excluding diaryl/α,β-unsaturated/α-hetero) is 1. The Morgan fingerprint density at radius 3 is 2.11 bits per heavy atom. The lowest BCUT2D eigenvalue weighted by Gasteiger charge is -2.26. The Morgan fingerprint density at radius 2 is 1.59 bits per heavy atom. The molecular weight excluding hydrogens is 342 g/mol. The number of amides is 1. The summed E-state index contributed by atoms with van der Waals surface area (Å²) in [6, 6.07) is 12.6. The first-order valence-electron chi connectivity index (χ1n) is 9.01. The molecule has 3 rings (SSSR count). The summed E-state index contributed by atoms with van der Waals surface area (Å²) < 4.78 is 0. The van der Waals surface area contributed by atoms with E-state index in [2.05, 4.69) is 5.32 Å². The molecule has 2 aromatic rings. The van der Waals surface area contributed by atoms with Crippen LogP contribution in [0, 0.1) is 12.8 Å². The van der Waals surface area contributed by atoms with Gasteiger partial charge in [-0.2, -0.15) is 0 Å². The molecule has 0 spiro atoms. The minimum Gasteiger partial charge on any atom is -0.479 e. The minimum atomic E-state index is -1.40. The average molecular weight is 365 g/mol. The van der Waals surface area contributed by atoms with Crippen molar-refractivity contribution < 1.29 is 19.5 Å². The molecule has 0 heterocycles. The van der Waals surface area contributed by atoms with Gasteiger partial charge in [-0.3, -0.25) is 9.59 Å². The molecule has 0 unspecified atom stereocenters. The van der Waals surface area contributed by atoms with Gasteiger partial charge in [0.25, 0.3) is 5.91 Å². The van der Waals surface area contributed by atoms with Crippen molar-refractivity contribution in [3.63, 3.8) is 0 Å². The maximum Gasteiger partial charge on any atom is 0.330 e. The van der Waals surface area contributed by atoms with Gasteiger partial charge in [-0.15, -0.1) is 0 Å². The largest absolute Gasteiger partial charge is 0.479 e. The fourth-order valence-corrected chi connectivity index (χ4v) is 3.67. The number of nitrogens with one attached hydrogen (secondary N) is 1. The van der Waals surface area contributed by atoms with Crippen LogP contribution < -0.4 is 5.32 Å². The molecule has 5 heteroatoms. The van der Waals surface area contributed by atoms with Crippen molar-refractivity contribution in [2.24, 2.45) is 5.92 Å². The summed E-state index contributed by atoms with van der Waals surface area (Å²) in [5.74, 6) is -1.99. The summed E-state index contributed by atoms with van der Waals surface area (Å²) in [6.45, 7) is 5.34. The Hall–Kier alpha value is -2.95. The van der Waals surface area contributed by atoms with E-state index in [-0.39, 0.29) is 30.1 Å². The molecular formula is C22H23NO4. The summed E-state index contributed by atoms with van der Waals surface area (Å²) in [7, 11) is 0. The van der Waals surface area contributed by atoms with Gasteiger partial charge in [0.05, 0.1) is 5.56 Å². The molecule has 0 bridgehead atoms. The molecule has 27 heavy (non-hydrogen) atoms. The average Bonchev–Trinajstić information content (AvgIpc) is 3.00. The number of aliphatic carboxylic acids is 1. The van der Waals surface area contributed by atoms with Gasteiger partial charge in [0.15, 0.2) is 5.78 Å². The molecule has 0 fully saturated rings. The first-order chi connectivity index (χ1) is 12.7. The van der Waals surface area contributed by atoms with Crippen LogP contribution in [-0.4, -0.2) is 28.3 Å². The zero-order valence-electron chi connectivity index (χ0n) is 15.7. The monoisotopic (exact) mass is 365 g/mol. The highest BCUT2D eigenvalue weighted by atomic mass is 16.4. The van der Waals surface area contributed by atoms with Crippen LogP contribution in [0.25, 0.3) is 0 Å². The number of aryl methyl sites for hydroxylation is 1. The van der Waals surface area contributed by atoms with Crippen LogP contribution in [0.5, 0.6) is 0 Å². The first-order valence-corrected chi connectivity index (χ1v) is 9.01. The number of hydrogen-bond acceptors (Lipinski definition) is 3. The van der Waals surface area contributed by atoms with E-state index >= 15 is 0 Å². The summed E-state index contributed by atoms with van der Waals surface area (Å²) in [6.07, 6.45) is 0.451. The topological polar surface area (TPSA) is 83.5 Å². The number of fused-ring (bicyclic) bond motifs is 1. The van der Waals surface area contributed by atoms with Gasteiger partial charge in [0, 0.05) is 24.3 Å². The van der Waals surface area contributed by atoms with Crippen molar-refractivity contribution in [1.29, 1.82) is 0 Å². The molecule has 0 aliphatic heterocycles. The number of carbonyl (C=O) groups excluding carboxylic acids is 2. The van der Waals surface area contributed by atoms with Gasteiger partial charge in [0.1, 0.15) is 5.54 Å². The SMILES string of the molecule is Cc1cccc(C(=O)NC2(C(=O)O)Cc3ccccc3C2)c1C(=O)C(C)C. The fraction of sp³-hybridized carbons (Fsp3) is 0.318. The van der Waals surface area contributed by atoms with Gasteiger partial charge in [-0.05, 0) is 29.7 Å². The third kappa shape index (κ3) is 3.37. The summed E-state index contributed by atoms with van der Waals surface area (Å²) >= 11 is 0. The second-order valence-corrected chi connectivity index (χ2v) is 7.48. The second-order valence-electron chi connectivity index (χ2n) is 7.48. The van der Waals surface area contributed by atoms with E-state index in [1.165, 1.54) is 0 Å². The van der Waals surface area contributed by atoms with Crippen LogP contribution in [0.2, 0.25) is 0 Å². The number of carboxylic acids is 1. The summed E-state index contributed by atoms with van der Waals surface area (Å²) in [4.78, 5) is 37.7. The molecule has 5 nitrogen and oxygen atoms in total. The predicted octanol–water partition coefficient (Wildman–Crippen LogP) is 3.19. The predicted molar refractivity (Wildman–Crippen MR) is 102 cm³/mol. The molecule has 140 valence electrons. The second kappa shape index (κ2) is 6.99. The van der Waals surface area contributed by atoms with E-state index in [0.717, 1.165) is 11.1 Å². The van der Waals surface area contributed by atoms with E-state index in [1.54, 1.807) is 39.0 Å². The van der Waals surface area contributed by atoms with Crippen LogP contribution in [-0.2, 0) is 17.6 Å². The number of carbonyl (C=O) groups is 3. The molecule has 0 radical (unpaired) electrons. The maximum absolute atomic E-state index is 13.0. The number of ketones is 1. The number of benzene rings is 2. The van der Waals surface area contributed by atoms with E-state index in [9.17, 15) is 19.5 Å². The summed E-state index contributed by atoms with van der Waals surface area (Å²) in [5, 5.41) is 12.6. The van der Waals surface area contributed by atoms with Crippen molar-refractivity contribution in [3.05, 3.63) is 70.3 Å². The lowest BCUT2D eigenvalue weighted by atomic mass is 9.90. The smallest absolute Gasteiger partial charge is 0.330 e. The molecule has 0 atom stereocenters. The zero-order chi connectivity index (χ0) is 19.8. The van der Waals surface area contributed by atoms with E-state index in [1.807, 2.05) is 24.3 Å². The van der Waals surface area contributed by atoms with Crippen molar-refractivity contribution in [2.45, 2.75) is 39.2 Å². The van der Waals surface area contributed by atoms with Gasteiger partial charge in [-0.1, -0.05) is 50.2 Å². The van der Waals surface area contributed by atoms with Crippen LogP contribution >= 0.6 is 0 Å². The van der Waals surface area contributed by atoms with Gasteiger partial charge < -0.3 is 10.4 Å². The first kappa shape index (κ1) is 18.8. The molecule has 0 saturated carbocycles. The highest BCUT2D eigenvalue weighted by Gasteiger charge is 2.45. The fourth-order valence-electron chi connectivity index (χ4n) is 3.67. The lowest BCUT2D eigenvalue weighted by molar-refractivity contribution is -0.144. The Morgan fingerprint density at radius 1 is 1.00 bits per heavy atom. The Labute approximate surface area is 158 Å². The van der Waals surface area contributed by atoms with E-state index < -0.39 is 17.4 Å². The molecule has 2 aromatic carbocycles. The van der Waals surface area contributed by atoms with Gasteiger partial charge >= 0.3 is 5.97 Å². The van der Waals surface area contributed by atoms with Gasteiger partial charge in [-0.25, -0.2) is 4.79 Å². The normalized spacial score (nSPS) is 14.7. The Balaban J connectivity index is 1.97. The maximum atomic E-state index is 13.0. The quantitative estimate of drug-likeness (QED) is 0.797. The van der Waals surface area contributed by atoms with Gasteiger partial charge in [0.2, 0.25) is 0 Å². The highest BCUT2D eigenvalue weighted by molar-refractivity contribution is 6.10. The molecule has 1 aliphatic rings. The standard InChI is InChI=1S/C22H23NO4/c1-13(2)19(24)18-14(3)7-6-10-17(18)20(25)23-22(21(26)27)11-15-8-4-5-9-16(15)12-22/h4-10,13H,11-12H2,1-3H3,(H,23,25)(H,26,27). The highest BCUT2D eigenvalue weighted by Crippen LogP contribution is 2.31. The number of hydrogen-bond donors (Lipinski definition) is 2. The third-order valence-corrected chi connectivity index (χ3v) is 5.15. The molecule has 1 aliphatic carbocycles. The molecule has 0 aromatic heterocycles. The summed E-state index contributed by atoms with van der Waals surface area (Å²) in [5.41, 5.74) is 1.74. The molecule has 2 N–H and O–H groups in total. The molecule has 0 saturated heterocycles. The number of carboxylic acid groups (broad SMARTS) is 1. The van der Waals surface area contributed by atoms with Crippen LogP contribution in [0.4, 0.5) is 0 Å². The lowest BCUT2D eigenvalue weighted by Crippen LogP contribution is -2.55. The number of rotatable bonds is 5. The molecule has 1 amide bonds. The van der Waals surface area contributed by atoms with E-state index in [4.69, 9.17) is 0 Å². The zero-order valence-corrected chi connectivity index (χ0v) is 15.7. The third-order valence-electron chi connectivity index (χ3n) is 5.15. The van der Waals surface area contributed by atoms with Crippen molar-refractivity contribution >= 4 is 17.7 Å². The Bertz CT molecular complexity index is 905. The van der Waals surface area contributed by atoms with Crippen LogP contribution in [0.3, 0.4) is 0 Å². The van der Waals surface area contributed by atoms with Crippen molar-refractivity contribution in [3.8, 4) is 0 Å². The van der Waals surface area contributed by atoms with Crippen molar-refractivity contribution in [1.82, 2.24) is 5.32 Å². The van der Waals surface area contributed by atoms with Crippen molar-refractivity contribution in [2.75, 3.05) is 0 Å². The van der Waals surface area contributed by atoms with Crippen LogP contribution in [0.1, 0.15) is 51.3 Å². The van der Waals surface area contributed by atoms with E-state index in [0.29, 0.717) is 11.1 Å². The Kier molecular flexibility index (Phi) is 4.87. The van der Waals surface area contributed by atoms with Crippen LogP contribution in [0.15, 0.2) is 42.5 Å². The minimum absolute atomic E-state index is 0.127.